The first-order chi connectivity index (χ1) is 16.8. The van der Waals surface area contributed by atoms with Crippen LogP contribution in [0.25, 0.3) is 0 Å². The number of carbonyl (C=O) groups excluding carboxylic acids is 2. The van der Waals surface area contributed by atoms with Gasteiger partial charge in [0.15, 0.2) is 0 Å². The summed E-state index contributed by atoms with van der Waals surface area (Å²) in [6, 6.07) is 8.74. The van der Waals surface area contributed by atoms with Crippen LogP contribution in [0.5, 0.6) is 5.75 Å². The molecule has 2 heterocycles. The average molecular weight is 489 g/mol. The lowest BCUT2D eigenvalue weighted by Crippen LogP contribution is -2.49. The van der Waals surface area contributed by atoms with Crippen molar-refractivity contribution in [1.82, 2.24) is 19.6 Å². The van der Waals surface area contributed by atoms with Gasteiger partial charge in [-0.15, -0.1) is 0 Å². The Morgan fingerprint density at radius 3 is 2.31 bits per heavy atom. The summed E-state index contributed by atoms with van der Waals surface area (Å²) in [5, 5.41) is 0. The minimum absolute atomic E-state index is 0.00377. The third kappa shape index (κ3) is 7.66. The van der Waals surface area contributed by atoms with Gasteiger partial charge in [-0.05, 0) is 71.3 Å². The second kappa shape index (κ2) is 13.2. The molecule has 2 aliphatic rings. The van der Waals surface area contributed by atoms with Gasteiger partial charge < -0.3 is 24.2 Å². The molecular formula is C27H44N4O4. The van der Waals surface area contributed by atoms with E-state index in [0.717, 1.165) is 37.2 Å². The summed E-state index contributed by atoms with van der Waals surface area (Å²) in [6.45, 7) is 14.0. The van der Waals surface area contributed by atoms with Gasteiger partial charge in [-0.3, -0.25) is 14.5 Å². The van der Waals surface area contributed by atoms with E-state index in [1.165, 1.54) is 0 Å². The number of methoxy groups -OCH3 is 1. The molecule has 196 valence electrons. The predicted molar refractivity (Wildman–Crippen MR) is 137 cm³/mol. The molecule has 0 bridgehead atoms. The van der Waals surface area contributed by atoms with E-state index in [-0.39, 0.29) is 24.5 Å². The Kier molecular flexibility index (Phi) is 10.4. The lowest BCUT2D eigenvalue weighted by atomic mass is 10.0. The standard InChI is InChI=1S/C27H44N4O4/c1-6-28(7-2)27(33)20-35-25-17-30(23-12-14-29(15-13-23)21(3)4)19-26(32)31(18-25)16-22-8-10-24(34-5)11-9-22/h8-11,21,23,25H,6-7,12-20H2,1-5H3. The molecule has 2 saturated heterocycles. The highest BCUT2D eigenvalue weighted by Crippen LogP contribution is 2.22. The van der Waals surface area contributed by atoms with Gasteiger partial charge in [-0.2, -0.15) is 0 Å². The first kappa shape index (κ1) is 27.4. The number of nitrogens with zero attached hydrogens (tertiary/aromatic N) is 4. The SMILES string of the molecule is CCN(CC)C(=O)COC1CN(Cc2ccc(OC)cc2)C(=O)CN(C2CCN(C(C)C)CC2)C1. The van der Waals surface area contributed by atoms with Gasteiger partial charge in [-0.1, -0.05) is 12.1 Å². The van der Waals surface area contributed by atoms with Crippen LogP contribution < -0.4 is 4.74 Å². The van der Waals surface area contributed by atoms with Gasteiger partial charge >= 0.3 is 0 Å². The van der Waals surface area contributed by atoms with E-state index in [1.54, 1.807) is 12.0 Å². The van der Waals surface area contributed by atoms with E-state index < -0.39 is 0 Å². The smallest absolute Gasteiger partial charge is 0.248 e. The van der Waals surface area contributed by atoms with Gasteiger partial charge in [0.05, 0.1) is 19.8 Å². The molecule has 8 nitrogen and oxygen atoms in total. The van der Waals surface area contributed by atoms with E-state index in [9.17, 15) is 9.59 Å². The van der Waals surface area contributed by atoms with E-state index in [0.29, 0.717) is 51.4 Å². The lowest BCUT2D eigenvalue weighted by Gasteiger charge is -2.39. The monoisotopic (exact) mass is 488 g/mol. The van der Waals surface area contributed by atoms with Crippen LogP contribution in [0.4, 0.5) is 0 Å². The average Bonchev–Trinajstić information content (AvgIpc) is 3.02. The molecule has 35 heavy (non-hydrogen) atoms. The summed E-state index contributed by atoms with van der Waals surface area (Å²) in [6.07, 6.45) is 1.90. The van der Waals surface area contributed by atoms with Crippen LogP contribution in [0.2, 0.25) is 0 Å². The van der Waals surface area contributed by atoms with Crippen LogP contribution in [0.3, 0.4) is 0 Å². The summed E-state index contributed by atoms with van der Waals surface area (Å²) < 4.78 is 11.5. The molecule has 8 heteroatoms. The summed E-state index contributed by atoms with van der Waals surface area (Å²) >= 11 is 0. The minimum Gasteiger partial charge on any atom is -0.497 e. The zero-order valence-electron chi connectivity index (χ0n) is 22.2. The van der Waals surface area contributed by atoms with E-state index in [4.69, 9.17) is 9.47 Å². The molecule has 0 radical (unpaired) electrons. The largest absolute Gasteiger partial charge is 0.497 e. The highest BCUT2D eigenvalue weighted by Gasteiger charge is 2.34. The molecule has 2 amide bonds. The highest BCUT2D eigenvalue weighted by atomic mass is 16.5. The minimum atomic E-state index is -0.206. The van der Waals surface area contributed by atoms with Gasteiger partial charge in [0.1, 0.15) is 12.4 Å². The Bertz CT molecular complexity index is 804. The number of likely N-dealkylation sites (N-methyl/N-ethyl adjacent to an activating group) is 1. The number of benzene rings is 1. The number of piperidine rings is 1. The molecule has 0 aromatic heterocycles. The second-order valence-corrected chi connectivity index (χ2v) is 9.91. The first-order valence-electron chi connectivity index (χ1n) is 13.1. The third-order valence-corrected chi connectivity index (χ3v) is 7.39. The van der Waals surface area contributed by atoms with E-state index >= 15 is 0 Å². The fraction of sp³-hybridized carbons (Fsp3) is 0.704. The summed E-state index contributed by atoms with van der Waals surface area (Å²) in [4.78, 5) is 34.5. The fourth-order valence-electron chi connectivity index (χ4n) is 5.12. The fourth-order valence-corrected chi connectivity index (χ4v) is 5.12. The van der Waals surface area contributed by atoms with Crippen molar-refractivity contribution < 1.29 is 19.1 Å². The van der Waals surface area contributed by atoms with Crippen LogP contribution in [-0.4, -0.2) is 109 Å². The Morgan fingerprint density at radius 2 is 1.74 bits per heavy atom. The third-order valence-electron chi connectivity index (χ3n) is 7.39. The van der Waals surface area contributed by atoms with Crippen LogP contribution >= 0.6 is 0 Å². The summed E-state index contributed by atoms with van der Waals surface area (Å²) in [5.41, 5.74) is 1.05. The van der Waals surface area contributed by atoms with Crippen molar-refractivity contribution in [2.24, 2.45) is 0 Å². The zero-order chi connectivity index (χ0) is 25.4. The van der Waals surface area contributed by atoms with Crippen molar-refractivity contribution in [1.29, 1.82) is 0 Å². The Labute approximate surface area is 211 Å². The highest BCUT2D eigenvalue weighted by molar-refractivity contribution is 5.79. The van der Waals surface area contributed by atoms with E-state index in [1.807, 2.05) is 43.0 Å². The van der Waals surface area contributed by atoms with Gasteiger partial charge in [0.25, 0.3) is 0 Å². The quantitative estimate of drug-likeness (QED) is 0.504. The zero-order valence-corrected chi connectivity index (χ0v) is 22.2. The van der Waals surface area contributed by atoms with Crippen molar-refractivity contribution in [3.63, 3.8) is 0 Å². The number of hydrogen-bond donors (Lipinski definition) is 0. The maximum absolute atomic E-state index is 13.4. The van der Waals surface area contributed by atoms with Crippen molar-refractivity contribution in [3.05, 3.63) is 29.8 Å². The first-order valence-corrected chi connectivity index (χ1v) is 13.1. The maximum Gasteiger partial charge on any atom is 0.248 e. The molecule has 1 atom stereocenters. The number of ether oxygens (including phenoxy) is 2. The van der Waals surface area contributed by atoms with Crippen molar-refractivity contribution in [2.45, 2.75) is 65.3 Å². The van der Waals surface area contributed by atoms with Crippen molar-refractivity contribution in [2.75, 3.05) is 59.5 Å². The van der Waals surface area contributed by atoms with Gasteiger partial charge in [-0.25, -0.2) is 0 Å². The molecule has 2 fully saturated rings. The second-order valence-electron chi connectivity index (χ2n) is 9.91. The number of hydrogen-bond acceptors (Lipinski definition) is 6. The van der Waals surface area contributed by atoms with Crippen molar-refractivity contribution >= 4 is 11.8 Å². The predicted octanol–water partition coefficient (Wildman–Crippen LogP) is 2.47. The number of carbonyl (C=O) groups is 2. The van der Waals surface area contributed by atoms with Crippen LogP contribution in [0.1, 0.15) is 46.1 Å². The Morgan fingerprint density at radius 1 is 1.09 bits per heavy atom. The molecular weight excluding hydrogens is 444 g/mol. The van der Waals surface area contributed by atoms with Gasteiger partial charge in [0, 0.05) is 44.8 Å². The molecule has 0 spiro atoms. The summed E-state index contributed by atoms with van der Waals surface area (Å²) in [5.74, 6) is 0.920. The van der Waals surface area contributed by atoms with Crippen LogP contribution in [0.15, 0.2) is 24.3 Å². The Balaban J connectivity index is 1.71. The van der Waals surface area contributed by atoms with Crippen LogP contribution in [0, 0.1) is 0 Å². The van der Waals surface area contributed by atoms with Gasteiger partial charge in [0.2, 0.25) is 11.8 Å². The number of rotatable bonds is 10. The number of amides is 2. The molecule has 1 aromatic rings. The molecule has 2 aliphatic heterocycles. The van der Waals surface area contributed by atoms with Crippen LogP contribution in [-0.2, 0) is 20.9 Å². The summed E-state index contributed by atoms with van der Waals surface area (Å²) in [7, 11) is 1.65. The molecule has 1 aromatic carbocycles. The number of likely N-dealkylation sites (tertiary alicyclic amines) is 1. The molecule has 0 N–H and O–H groups in total. The lowest BCUT2D eigenvalue weighted by molar-refractivity contribution is -0.138. The topological polar surface area (TPSA) is 65.6 Å². The molecule has 0 saturated carbocycles. The maximum atomic E-state index is 13.4. The molecule has 3 rings (SSSR count). The molecule has 1 unspecified atom stereocenters. The van der Waals surface area contributed by atoms with Crippen molar-refractivity contribution in [3.8, 4) is 5.75 Å². The molecule has 0 aliphatic carbocycles. The van der Waals surface area contributed by atoms with E-state index in [2.05, 4.69) is 23.6 Å². The Hall–Kier alpha value is -2.16. The normalized spacial score (nSPS) is 20.8.